The summed E-state index contributed by atoms with van der Waals surface area (Å²) in [6, 6.07) is 19.0. The third-order valence-corrected chi connectivity index (χ3v) is 6.49. The van der Waals surface area contributed by atoms with Crippen LogP contribution in [-0.4, -0.2) is 35.4 Å². The fraction of sp³-hybridized carbons (Fsp3) is 0.391. The highest BCUT2D eigenvalue weighted by molar-refractivity contribution is 7.18. The summed E-state index contributed by atoms with van der Waals surface area (Å²) in [4.78, 5) is 19.6. The molecule has 0 spiro atoms. The number of carbonyl (C=O) groups excluding carboxylic acids is 1. The average Bonchev–Trinajstić information content (AvgIpc) is 3.38. The average molecular weight is 394 g/mol. The van der Waals surface area contributed by atoms with Crippen molar-refractivity contribution in [1.82, 2.24) is 15.2 Å². The number of thiazole rings is 1. The molecule has 1 atom stereocenters. The van der Waals surface area contributed by atoms with Crippen molar-refractivity contribution in [3.05, 3.63) is 65.2 Å². The first-order valence-corrected chi connectivity index (χ1v) is 11.0. The maximum absolute atomic E-state index is 12.4. The van der Waals surface area contributed by atoms with E-state index >= 15 is 0 Å². The number of benzene rings is 2. The lowest BCUT2D eigenvalue weighted by Crippen LogP contribution is -2.36. The van der Waals surface area contributed by atoms with Crippen LogP contribution < -0.4 is 5.32 Å². The molecular weight excluding hydrogens is 366 g/mol. The van der Waals surface area contributed by atoms with Gasteiger partial charge in [-0.05, 0) is 56.5 Å². The van der Waals surface area contributed by atoms with Crippen LogP contribution in [0.25, 0.3) is 10.2 Å². The molecule has 2 aromatic carbocycles. The number of nitrogens with zero attached hydrogens (tertiary/aromatic N) is 2. The predicted molar refractivity (Wildman–Crippen MR) is 116 cm³/mol. The lowest BCUT2D eigenvalue weighted by Gasteiger charge is -2.28. The molecule has 146 valence electrons. The second-order valence-electron chi connectivity index (χ2n) is 7.40. The van der Waals surface area contributed by atoms with Gasteiger partial charge >= 0.3 is 0 Å². The van der Waals surface area contributed by atoms with Gasteiger partial charge in [-0.25, -0.2) is 4.98 Å². The van der Waals surface area contributed by atoms with Crippen molar-refractivity contribution in [3.63, 3.8) is 0 Å². The van der Waals surface area contributed by atoms with Gasteiger partial charge in [-0.15, -0.1) is 11.3 Å². The van der Waals surface area contributed by atoms with Crippen LogP contribution in [0.1, 0.15) is 42.3 Å². The van der Waals surface area contributed by atoms with Crippen molar-refractivity contribution < 1.29 is 4.79 Å². The number of hydrogen-bond donors (Lipinski definition) is 1. The maximum atomic E-state index is 12.4. The van der Waals surface area contributed by atoms with E-state index in [4.69, 9.17) is 0 Å². The number of para-hydroxylation sites is 1. The van der Waals surface area contributed by atoms with Crippen molar-refractivity contribution in [3.8, 4) is 0 Å². The zero-order valence-electron chi connectivity index (χ0n) is 16.1. The molecule has 0 saturated carbocycles. The molecule has 0 radical (unpaired) electrons. The molecule has 3 aromatic rings. The molecule has 1 aliphatic rings. The molecule has 0 aliphatic carbocycles. The Balaban J connectivity index is 1.27. The zero-order valence-corrected chi connectivity index (χ0v) is 17.0. The molecule has 1 aliphatic heterocycles. The van der Waals surface area contributed by atoms with E-state index in [2.05, 4.69) is 45.5 Å². The molecule has 1 aromatic heterocycles. The van der Waals surface area contributed by atoms with Crippen LogP contribution >= 0.6 is 11.3 Å². The Hall–Kier alpha value is -2.24. The SMILES string of the molecule is O=C(CCCc1nc2ccccc2s1)NCC(c1ccccc1)N1CCCC1. The molecular formula is C23H27N3OS. The lowest BCUT2D eigenvalue weighted by molar-refractivity contribution is -0.121. The van der Waals surface area contributed by atoms with Crippen LogP contribution in [0.5, 0.6) is 0 Å². The van der Waals surface area contributed by atoms with E-state index in [1.165, 1.54) is 23.1 Å². The second-order valence-corrected chi connectivity index (χ2v) is 8.52. The molecule has 1 saturated heterocycles. The molecule has 0 bridgehead atoms. The van der Waals surface area contributed by atoms with E-state index in [0.29, 0.717) is 13.0 Å². The van der Waals surface area contributed by atoms with Gasteiger partial charge < -0.3 is 5.32 Å². The monoisotopic (exact) mass is 393 g/mol. The van der Waals surface area contributed by atoms with Gasteiger partial charge in [0.2, 0.25) is 5.91 Å². The number of fused-ring (bicyclic) bond motifs is 1. The second kappa shape index (κ2) is 9.30. The first-order valence-electron chi connectivity index (χ1n) is 10.2. The number of aryl methyl sites for hydroxylation is 1. The smallest absolute Gasteiger partial charge is 0.220 e. The molecule has 2 heterocycles. The Bertz CT molecular complexity index is 869. The predicted octanol–water partition coefficient (Wildman–Crippen LogP) is 4.57. The third kappa shape index (κ3) is 4.78. The standard InChI is InChI=1S/C23H27N3OS/c27-22(13-8-14-23-25-19-11-4-5-12-21(19)28-23)24-17-20(26-15-6-7-16-26)18-9-2-1-3-10-18/h1-5,9-12,20H,6-8,13-17H2,(H,24,27). The maximum Gasteiger partial charge on any atom is 0.220 e. The van der Waals surface area contributed by atoms with E-state index in [9.17, 15) is 4.79 Å². The van der Waals surface area contributed by atoms with Crippen LogP contribution in [0.3, 0.4) is 0 Å². The summed E-state index contributed by atoms with van der Waals surface area (Å²) in [6.45, 7) is 2.92. The first-order chi connectivity index (χ1) is 13.8. The number of nitrogens with one attached hydrogen (secondary N) is 1. The largest absolute Gasteiger partial charge is 0.354 e. The van der Waals surface area contributed by atoms with Crippen LogP contribution in [0.15, 0.2) is 54.6 Å². The van der Waals surface area contributed by atoms with E-state index in [1.807, 2.05) is 24.3 Å². The molecule has 1 fully saturated rings. The van der Waals surface area contributed by atoms with Crippen LogP contribution in [-0.2, 0) is 11.2 Å². The zero-order chi connectivity index (χ0) is 19.2. The summed E-state index contributed by atoms with van der Waals surface area (Å²) in [5.74, 6) is 0.140. The Morgan fingerprint density at radius 2 is 1.82 bits per heavy atom. The fourth-order valence-electron chi connectivity index (χ4n) is 3.91. The van der Waals surface area contributed by atoms with Gasteiger partial charge in [0.1, 0.15) is 0 Å². The van der Waals surface area contributed by atoms with Gasteiger partial charge in [-0.2, -0.15) is 0 Å². The van der Waals surface area contributed by atoms with Gasteiger partial charge in [0.05, 0.1) is 21.3 Å². The van der Waals surface area contributed by atoms with E-state index in [0.717, 1.165) is 36.5 Å². The van der Waals surface area contributed by atoms with E-state index in [-0.39, 0.29) is 11.9 Å². The highest BCUT2D eigenvalue weighted by atomic mass is 32.1. The van der Waals surface area contributed by atoms with E-state index < -0.39 is 0 Å². The van der Waals surface area contributed by atoms with Gasteiger partial charge in [0.15, 0.2) is 0 Å². The summed E-state index contributed by atoms with van der Waals surface area (Å²) in [5.41, 5.74) is 2.35. The molecule has 1 unspecified atom stereocenters. The highest BCUT2D eigenvalue weighted by Gasteiger charge is 2.23. The van der Waals surface area contributed by atoms with Crippen molar-refractivity contribution in [1.29, 1.82) is 0 Å². The normalized spacial score (nSPS) is 15.7. The Morgan fingerprint density at radius 3 is 2.61 bits per heavy atom. The number of aromatic nitrogens is 1. The Morgan fingerprint density at radius 1 is 1.07 bits per heavy atom. The first kappa shape index (κ1) is 19.1. The number of rotatable bonds is 8. The summed E-state index contributed by atoms with van der Waals surface area (Å²) < 4.78 is 1.22. The quantitative estimate of drug-likeness (QED) is 0.610. The van der Waals surface area contributed by atoms with Crippen molar-refractivity contribution in [2.45, 2.75) is 38.1 Å². The number of carbonyl (C=O) groups is 1. The van der Waals surface area contributed by atoms with Crippen LogP contribution in [0.4, 0.5) is 0 Å². The summed E-state index contributed by atoms with van der Waals surface area (Å²) >= 11 is 1.73. The minimum atomic E-state index is 0.140. The number of amides is 1. The molecule has 28 heavy (non-hydrogen) atoms. The third-order valence-electron chi connectivity index (χ3n) is 5.39. The molecule has 5 heteroatoms. The van der Waals surface area contributed by atoms with Gasteiger partial charge in [-0.1, -0.05) is 42.5 Å². The lowest BCUT2D eigenvalue weighted by atomic mass is 10.1. The van der Waals surface area contributed by atoms with Gasteiger partial charge in [0.25, 0.3) is 0 Å². The van der Waals surface area contributed by atoms with Gasteiger partial charge in [0, 0.05) is 13.0 Å². The minimum absolute atomic E-state index is 0.140. The molecule has 4 nitrogen and oxygen atoms in total. The molecule has 1 N–H and O–H groups in total. The number of likely N-dealkylation sites (tertiary alicyclic amines) is 1. The van der Waals surface area contributed by atoms with Crippen LogP contribution in [0, 0.1) is 0 Å². The van der Waals surface area contributed by atoms with Crippen molar-refractivity contribution >= 4 is 27.5 Å². The Labute approximate surface area is 170 Å². The molecule has 1 amide bonds. The Kier molecular flexibility index (Phi) is 6.34. The summed E-state index contributed by atoms with van der Waals surface area (Å²) in [7, 11) is 0. The van der Waals surface area contributed by atoms with E-state index in [1.54, 1.807) is 11.3 Å². The van der Waals surface area contributed by atoms with Gasteiger partial charge in [-0.3, -0.25) is 9.69 Å². The molecule has 4 rings (SSSR count). The number of hydrogen-bond acceptors (Lipinski definition) is 4. The highest BCUT2D eigenvalue weighted by Crippen LogP contribution is 2.25. The fourth-order valence-corrected chi connectivity index (χ4v) is 4.92. The van der Waals surface area contributed by atoms with Crippen molar-refractivity contribution in [2.75, 3.05) is 19.6 Å². The van der Waals surface area contributed by atoms with Crippen LogP contribution in [0.2, 0.25) is 0 Å². The summed E-state index contributed by atoms with van der Waals surface area (Å²) in [5, 5.41) is 4.29. The van der Waals surface area contributed by atoms with Crippen molar-refractivity contribution in [2.24, 2.45) is 0 Å². The topological polar surface area (TPSA) is 45.2 Å². The summed E-state index contributed by atoms with van der Waals surface area (Å²) in [6.07, 6.45) is 4.75. The minimum Gasteiger partial charge on any atom is -0.354 e.